The number of carbonyl (C=O) groups is 1. The molecular formula is C14H10ClN3O2. The average Bonchev–Trinajstić information content (AvgIpc) is 2.86. The number of benzene rings is 1. The zero-order valence-electron chi connectivity index (χ0n) is 10.3. The third-order valence-corrected chi connectivity index (χ3v) is 3.18. The van der Waals surface area contributed by atoms with Gasteiger partial charge in [-0.3, -0.25) is 4.98 Å². The lowest BCUT2D eigenvalue weighted by molar-refractivity contribution is 0.0679. The summed E-state index contributed by atoms with van der Waals surface area (Å²) in [6.45, 7) is 0.435. The smallest absolute Gasteiger partial charge is 0.372 e. The first-order valence-electron chi connectivity index (χ1n) is 5.92. The molecule has 100 valence electrons. The van der Waals surface area contributed by atoms with Gasteiger partial charge in [-0.05, 0) is 23.8 Å². The van der Waals surface area contributed by atoms with Crippen LogP contribution in [-0.4, -0.2) is 25.6 Å². The molecule has 0 atom stereocenters. The molecule has 1 aromatic carbocycles. The summed E-state index contributed by atoms with van der Waals surface area (Å²) in [6.07, 6.45) is 4.72. The maximum absolute atomic E-state index is 11.0. The summed E-state index contributed by atoms with van der Waals surface area (Å²) in [5, 5.41) is 10.5. The molecule has 0 saturated heterocycles. The Morgan fingerprint density at radius 1 is 1.30 bits per heavy atom. The summed E-state index contributed by atoms with van der Waals surface area (Å²) in [7, 11) is 0. The van der Waals surface area contributed by atoms with Crippen molar-refractivity contribution in [1.82, 2.24) is 14.5 Å². The van der Waals surface area contributed by atoms with Crippen LogP contribution < -0.4 is 0 Å². The van der Waals surface area contributed by atoms with Crippen LogP contribution in [0.25, 0.3) is 10.9 Å². The molecule has 1 N–H and O–H groups in total. The number of aromatic nitrogens is 3. The predicted molar refractivity (Wildman–Crippen MR) is 75.0 cm³/mol. The molecule has 20 heavy (non-hydrogen) atoms. The molecular weight excluding hydrogens is 278 g/mol. The Morgan fingerprint density at radius 2 is 2.15 bits per heavy atom. The minimum Gasteiger partial charge on any atom is -0.475 e. The Bertz CT molecular complexity index is 798. The van der Waals surface area contributed by atoms with Crippen LogP contribution in [0, 0.1) is 0 Å². The van der Waals surface area contributed by atoms with Gasteiger partial charge in [0.2, 0.25) is 5.82 Å². The quantitative estimate of drug-likeness (QED) is 0.804. The fourth-order valence-corrected chi connectivity index (χ4v) is 2.25. The number of rotatable bonds is 3. The topological polar surface area (TPSA) is 68.0 Å². The molecule has 0 spiro atoms. The van der Waals surface area contributed by atoms with E-state index in [1.165, 1.54) is 6.20 Å². The highest BCUT2D eigenvalue weighted by Crippen LogP contribution is 2.19. The van der Waals surface area contributed by atoms with Gasteiger partial charge in [0.1, 0.15) is 0 Å². The second-order valence-corrected chi connectivity index (χ2v) is 4.80. The molecule has 0 fully saturated rings. The van der Waals surface area contributed by atoms with Crippen molar-refractivity contribution >= 4 is 28.5 Å². The lowest BCUT2D eigenvalue weighted by Crippen LogP contribution is -2.10. The van der Waals surface area contributed by atoms with Crippen LogP contribution in [0.3, 0.4) is 0 Å². The van der Waals surface area contributed by atoms with Gasteiger partial charge >= 0.3 is 5.97 Å². The number of halogens is 1. The van der Waals surface area contributed by atoms with E-state index >= 15 is 0 Å². The summed E-state index contributed by atoms with van der Waals surface area (Å²) >= 11 is 5.93. The van der Waals surface area contributed by atoms with Gasteiger partial charge in [0.05, 0.1) is 10.5 Å². The van der Waals surface area contributed by atoms with Crippen LogP contribution in [-0.2, 0) is 6.54 Å². The second kappa shape index (κ2) is 4.94. The molecule has 3 aromatic rings. The molecule has 0 aliphatic heterocycles. The average molecular weight is 288 g/mol. The summed E-state index contributed by atoms with van der Waals surface area (Å²) in [5.74, 6) is -1.02. The molecule has 0 aliphatic carbocycles. The summed E-state index contributed by atoms with van der Waals surface area (Å²) < 4.78 is 1.58. The van der Waals surface area contributed by atoms with E-state index in [0.717, 1.165) is 16.5 Å². The molecule has 0 radical (unpaired) electrons. The lowest BCUT2D eigenvalue weighted by Gasteiger charge is -2.06. The van der Waals surface area contributed by atoms with Crippen molar-refractivity contribution in [1.29, 1.82) is 0 Å². The van der Waals surface area contributed by atoms with E-state index < -0.39 is 5.97 Å². The van der Waals surface area contributed by atoms with Crippen molar-refractivity contribution in [2.45, 2.75) is 6.54 Å². The number of imidazole rings is 1. The molecule has 0 saturated carbocycles. The molecule has 6 heteroatoms. The van der Waals surface area contributed by atoms with Crippen molar-refractivity contribution in [2.24, 2.45) is 0 Å². The molecule has 0 amide bonds. The van der Waals surface area contributed by atoms with E-state index in [0.29, 0.717) is 11.6 Å². The number of hydrogen-bond acceptors (Lipinski definition) is 3. The Hall–Kier alpha value is -2.40. The first-order valence-corrected chi connectivity index (χ1v) is 6.30. The first-order chi connectivity index (χ1) is 9.63. The first kappa shape index (κ1) is 12.6. The number of carboxylic acids is 1. The van der Waals surface area contributed by atoms with Gasteiger partial charge < -0.3 is 9.67 Å². The van der Waals surface area contributed by atoms with Crippen molar-refractivity contribution in [3.8, 4) is 0 Å². The van der Waals surface area contributed by atoms with Gasteiger partial charge in [0.25, 0.3) is 0 Å². The monoisotopic (exact) mass is 287 g/mol. The molecule has 0 bridgehead atoms. The highest BCUT2D eigenvalue weighted by molar-refractivity contribution is 6.31. The Balaban J connectivity index is 1.98. The fraction of sp³-hybridized carbons (Fsp3) is 0.0714. The third-order valence-electron chi connectivity index (χ3n) is 2.97. The number of carboxylic acid groups (broad SMARTS) is 1. The molecule has 2 heterocycles. The maximum Gasteiger partial charge on any atom is 0.372 e. The van der Waals surface area contributed by atoms with Gasteiger partial charge in [-0.25, -0.2) is 9.78 Å². The number of hydrogen-bond donors (Lipinski definition) is 1. The summed E-state index contributed by atoms with van der Waals surface area (Å²) in [4.78, 5) is 19.1. The van der Waals surface area contributed by atoms with E-state index in [1.807, 2.05) is 24.3 Å². The molecule has 0 unspecified atom stereocenters. The van der Waals surface area contributed by atoms with Crippen LogP contribution in [0.5, 0.6) is 0 Å². The van der Waals surface area contributed by atoms with E-state index in [2.05, 4.69) is 9.97 Å². The number of aromatic carboxylic acids is 1. The van der Waals surface area contributed by atoms with Crippen molar-refractivity contribution in [2.75, 3.05) is 0 Å². The van der Waals surface area contributed by atoms with Crippen molar-refractivity contribution in [3.63, 3.8) is 0 Å². The number of nitrogens with zero attached hydrogens (tertiary/aromatic N) is 3. The maximum atomic E-state index is 11.0. The molecule has 2 aromatic heterocycles. The SMILES string of the molecule is O=C(O)c1nccn1Cc1ccc2ncc(Cl)cc2c1. The highest BCUT2D eigenvalue weighted by atomic mass is 35.5. The van der Waals surface area contributed by atoms with Crippen LogP contribution in [0.1, 0.15) is 16.2 Å². The van der Waals surface area contributed by atoms with Gasteiger partial charge in [-0.15, -0.1) is 0 Å². The normalized spacial score (nSPS) is 10.8. The van der Waals surface area contributed by atoms with Gasteiger partial charge in [-0.1, -0.05) is 17.7 Å². The Kier molecular flexibility index (Phi) is 3.12. The standard InChI is InChI=1S/C14H10ClN3O2/c15-11-6-10-5-9(1-2-12(10)17-7-11)8-18-4-3-16-13(18)14(19)20/h1-7H,8H2,(H,19,20). The van der Waals surface area contributed by atoms with Crippen molar-refractivity contribution < 1.29 is 9.90 Å². The van der Waals surface area contributed by atoms with E-state index in [-0.39, 0.29) is 5.82 Å². The van der Waals surface area contributed by atoms with Crippen LogP contribution in [0.4, 0.5) is 0 Å². The van der Waals surface area contributed by atoms with Gasteiger partial charge in [0, 0.05) is 30.5 Å². The van der Waals surface area contributed by atoms with Crippen LogP contribution >= 0.6 is 11.6 Å². The largest absolute Gasteiger partial charge is 0.475 e. The predicted octanol–water partition coefficient (Wildman–Crippen LogP) is 2.83. The summed E-state index contributed by atoms with van der Waals surface area (Å²) in [6, 6.07) is 7.58. The van der Waals surface area contributed by atoms with Gasteiger partial charge in [0.15, 0.2) is 0 Å². The Morgan fingerprint density at radius 3 is 2.95 bits per heavy atom. The molecule has 0 aliphatic rings. The highest BCUT2D eigenvalue weighted by Gasteiger charge is 2.11. The minimum absolute atomic E-state index is 0.0225. The number of pyridine rings is 1. The van der Waals surface area contributed by atoms with Crippen molar-refractivity contribution in [3.05, 3.63) is 59.3 Å². The summed E-state index contributed by atoms with van der Waals surface area (Å²) in [5.41, 5.74) is 1.81. The minimum atomic E-state index is -1.04. The van der Waals surface area contributed by atoms with Crippen LogP contribution in [0.15, 0.2) is 42.9 Å². The lowest BCUT2D eigenvalue weighted by atomic mass is 10.1. The zero-order valence-corrected chi connectivity index (χ0v) is 11.1. The fourth-order valence-electron chi connectivity index (χ4n) is 2.08. The Labute approximate surface area is 119 Å². The van der Waals surface area contributed by atoms with Gasteiger partial charge in [-0.2, -0.15) is 0 Å². The van der Waals surface area contributed by atoms with Crippen LogP contribution in [0.2, 0.25) is 5.02 Å². The molecule has 5 nitrogen and oxygen atoms in total. The van der Waals surface area contributed by atoms with E-state index in [9.17, 15) is 4.79 Å². The second-order valence-electron chi connectivity index (χ2n) is 4.36. The third kappa shape index (κ3) is 2.35. The molecule has 3 rings (SSSR count). The van der Waals surface area contributed by atoms with E-state index in [1.54, 1.807) is 17.0 Å². The van der Waals surface area contributed by atoms with E-state index in [4.69, 9.17) is 16.7 Å². The zero-order chi connectivity index (χ0) is 14.1. The number of fused-ring (bicyclic) bond motifs is 1.